The number of carbonyl (C=O) groups is 2. The highest BCUT2D eigenvalue weighted by molar-refractivity contribution is 6.42. The monoisotopic (exact) mass is 375 g/mol. The molecule has 2 atom stereocenters. The zero-order chi connectivity index (χ0) is 19.7. The molecule has 4 heteroatoms. The van der Waals surface area contributed by atoms with Gasteiger partial charge >= 0.3 is 0 Å². The maximum atomic E-state index is 13.4. The van der Waals surface area contributed by atoms with Gasteiger partial charge in [-0.2, -0.15) is 0 Å². The van der Waals surface area contributed by atoms with Gasteiger partial charge in [0.1, 0.15) is 5.75 Å². The summed E-state index contributed by atoms with van der Waals surface area (Å²) in [4.78, 5) is 28.4. The number of hydrogen-bond acceptors (Lipinski definition) is 3. The van der Waals surface area contributed by atoms with Crippen LogP contribution in [0.2, 0.25) is 0 Å². The molecule has 0 N–H and O–H groups in total. The van der Waals surface area contributed by atoms with Gasteiger partial charge in [-0.25, -0.2) is 0 Å². The Labute approximate surface area is 165 Å². The molecule has 0 radical (unpaired) electrons. The van der Waals surface area contributed by atoms with Gasteiger partial charge in [-0.1, -0.05) is 48.5 Å². The van der Waals surface area contributed by atoms with Gasteiger partial charge in [0.25, 0.3) is 5.91 Å². The van der Waals surface area contributed by atoms with E-state index in [1.165, 1.54) is 0 Å². The third kappa shape index (κ3) is 2.93. The van der Waals surface area contributed by atoms with Crippen LogP contribution in [0.25, 0.3) is 0 Å². The van der Waals surface area contributed by atoms with E-state index in [1.807, 2.05) is 54.6 Å². The van der Waals surface area contributed by atoms with Crippen LogP contribution in [0.1, 0.15) is 30.4 Å². The van der Waals surface area contributed by atoms with E-state index in [4.69, 9.17) is 4.74 Å². The van der Waals surface area contributed by atoms with Crippen LogP contribution in [0.15, 0.2) is 67.3 Å². The van der Waals surface area contributed by atoms with Crippen molar-refractivity contribution in [1.82, 2.24) is 4.90 Å². The maximum absolute atomic E-state index is 13.4. The number of ether oxygens (including phenoxy) is 1. The minimum Gasteiger partial charge on any atom is -0.497 e. The molecule has 28 heavy (non-hydrogen) atoms. The molecule has 4 rings (SSSR count). The fourth-order valence-corrected chi connectivity index (χ4v) is 4.61. The molecule has 0 unspecified atom stereocenters. The van der Waals surface area contributed by atoms with E-state index in [0.29, 0.717) is 18.9 Å². The fourth-order valence-electron chi connectivity index (χ4n) is 4.61. The Morgan fingerprint density at radius 2 is 1.79 bits per heavy atom. The summed E-state index contributed by atoms with van der Waals surface area (Å²) in [5.41, 5.74) is 1.07. The van der Waals surface area contributed by atoms with Crippen molar-refractivity contribution in [2.45, 2.75) is 37.3 Å². The van der Waals surface area contributed by atoms with Crippen molar-refractivity contribution >= 4 is 11.7 Å². The van der Waals surface area contributed by atoms with E-state index in [-0.39, 0.29) is 17.7 Å². The number of likely N-dealkylation sites (tertiary alicyclic amines) is 1. The lowest BCUT2D eigenvalue weighted by Crippen LogP contribution is -2.46. The van der Waals surface area contributed by atoms with Crippen LogP contribution < -0.4 is 4.74 Å². The smallest absolute Gasteiger partial charge is 0.291 e. The molecular formula is C24H25NO3. The summed E-state index contributed by atoms with van der Waals surface area (Å²) >= 11 is 0. The number of ketones is 1. The Morgan fingerprint density at radius 3 is 2.36 bits per heavy atom. The standard InChI is InChI=1S/C24H25NO3/c1-3-15-24(19-7-5-4-6-8-19)21(18-11-12-18)25(23(27)22(24)26)16-17-9-13-20(28-2)14-10-17/h3-10,13-14,18,21H,1,11-12,15-16H2,2H3/t21-,24+/m0/s1. The first kappa shape index (κ1) is 18.5. The molecule has 2 aliphatic rings. The molecule has 2 fully saturated rings. The number of benzene rings is 2. The number of methoxy groups -OCH3 is 1. The van der Waals surface area contributed by atoms with E-state index >= 15 is 0 Å². The Hall–Kier alpha value is -2.88. The lowest BCUT2D eigenvalue weighted by Gasteiger charge is -2.36. The molecule has 1 saturated heterocycles. The summed E-state index contributed by atoms with van der Waals surface area (Å²) in [6.07, 6.45) is 4.36. The number of allylic oxidation sites excluding steroid dienone is 1. The number of amides is 1. The average Bonchev–Trinajstić information content (AvgIpc) is 3.54. The van der Waals surface area contributed by atoms with Crippen molar-refractivity contribution in [2.24, 2.45) is 5.92 Å². The van der Waals surface area contributed by atoms with Gasteiger partial charge in [0.15, 0.2) is 0 Å². The quantitative estimate of drug-likeness (QED) is 0.545. The third-order valence-electron chi connectivity index (χ3n) is 6.04. The van der Waals surface area contributed by atoms with Crippen LogP contribution in [-0.2, 0) is 21.5 Å². The highest BCUT2D eigenvalue weighted by Gasteiger charge is 2.62. The topological polar surface area (TPSA) is 46.6 Å². The largest absolute Gasteiger partial charge is 0.497 e. The summed E-state index contributed by atoms with van der Waals surface area (Å²) in [6, 6.07) is 17.3. The van der Waals surface area contributed by atoms with Crippen molar-refractivity contribution in [3.8, 4) is 5.75 Å². The van der Waals surface area contributed by atoms with Crippen molar-refractivity contribution in [3.63, 3.8) is 0 Å². The van der Waals surface area contributed by atoms with Gasteiger partial charge < -0.3 is 9.64 Å². The molecule has 144 valence electrons. The summed E-state index contributed by atoms with van der Waals surface area (Å²) in [6.45, 7) is 4.33. The predicted molar refractivity (Wildman–Crippen MR) is 108 cm³/mol. The lowest BCUT2D eigenvalue weighted by molar-refractivity contribution is -0.141. The molecule has 1 aliphatic carbocycles. The number of nitrogens with zero attached hydrogens (tertiary/aromatic N) is 1. The lowest BCUT2D eigenvalue weighted by atomic mass is 9.69. The van der Waals surface area contributed by atoms with Gasteiger partial charge in [-0.15, -0.1) is 6.58 Å². The molecule has 2 aromatic rings. The van der Waals surface area contributed by atoms with Crippen LogP contribution in [0.3, 0.4) is 0 Å². The second kappa shape index (κ2) is 7.27. The summed E-state index contributed by atoms with van der Waals surface area (Å²) in [5.74, 6) is 0.452. The van der Waals surface area contributed by atoms with Crippen LogP contribution in [0.4, 0.5) is 0 Å². The molecule has 0 aromatic heterocycles. The van der Waals surface area contributed by atoms with Crippen LogP contribution in [-0.4, -0.2) is 29.7 Å². The van der Waals surface area contributed by atoms with E-state index < -0.39 is 5.41 Å². The number of rotatable bonds is 7. The molecule has 2 aromatic carbocycles. The van der Waals surface area contributed by atoms with Crippen LogP contribution >= 0.6 is 0 Å². The molecule has 4 nitrogen and oxygen atoms in total. The summed E-state index contributed by atoms with van der Waals surface area (Å²) in [7, 11) is 1.63. The van der Waals surface area contributed by atoms with Crippen molar-refractivity contribution in [1.29, 1.82) is 0 Å². The molecule has 0 spiro atoms. The fraction of sp³-hybridized carbons (Fsp3) is 0.333. The van der Waals surface area contributed by atoms with Crippen molar-refractivity contribution < 1.29 is 14.3 Å². The second-order valence-electron chi connectivity index (χ2n) is 7.72. The van der Waals surface area contributed by atoms with Crippen molar-refractivity contribution in [3.05, 3.63) is 78.4 Å². The number of hydrogen-bond donors (Lipinski definition) is 0. The van der Waals surface area contributed by atoms with Crippen molar-refractivity contribution in [2.75, 3.05) is 7.11 Å². The first-order valence-electron chi connectivity index (χ1n) is 9.76. The minimum atomic E-state index is -0.840. The summed E-state index contributed by atoms with van der Waals surface area (Å²) < 4.78 is 5.22. The van der Waals surface area contributed by atoms with E-state index in [1.54, 1.807) is 18.1 Å². The Bertz CT molecular complexity index is 886. The Balaban J connectivity index is 1.76. The Morgan fingerprint density at radius 1 is 1.11 bits per heavy atom. The average molecular weight is 375 g/mol. The van der Waals surface area contributed by atoms with Crippen LogP contribution in [0, 0.1) is 5.92 Å². The number of Topliss-reactive ketones (excluding diaryl/α,β-unsaturated/α-hetero) is 1. The SMILES string of the molecule is C=CC[C@]1(c2ccccc2)C(=O)C(=O)N(Cc2ccc(OC)cc2)[C@H]1C1CC1. The summed E-state index contributed by atoms with van der Waals surface area (Å²) in [5, 5.41) is 0. The molecule has 1 amide bonds. The molecule has 0 bridgehead atoms. The van der Waals surface area contributed by atoms with Gasteiger partial charge in [0, 0.05) is 6.54 Å². The molecular weight excluding hydrogens is 350 g/mol. The van der Waals surface area contributed by atoms with Gasteiger partial charge in [-0.05, 0) is 48.4 Å². The highest BCUT2D eigenvalue weighted by atomic mass is 16.5. The van der Waals surface area contributed by atoms with E-state index in [9.17, 15) is 9.59 Å². The maximum Gasteiger partial charge on any atom is 0.291 e. The predicted octanol–water partition coefficient (Wildman–Crippen LogP) is 3.90. The molecule has 1 aliphatic heterocycles. The zero-order valence-electron chi connectivity index (χ0n) is 16.1. The highest BCUT2D eigenvalue weighted by Crippen LogP contribution is 2.51. The Kier molecular flexibility index (Phi) is 4.80. The van der Waals surface area contributed by atoms with Crippen LogP contribution in [0.5, 0.6) is 5.75 Å². The van der Waals surface area contributed by atoms with Gasteiger partial charge in [-0.3, -0.25) is 9.59 Å². The van der Waals surface area contributed by atoms with Gasteiger partial charge in [0.05, 0.1) is 18.6 Å². The van der Waals surface area contributed by atoms with E-state index in [0.717, 1.165) is 29.7 Å². The third-order valence-corrected chi connectivity index (χ3v) is 6.04. The first-order chi connectivity index (χ1) is 13.6. The van der Waals surface area contributed by atoms with E-state index in [2.05, 4.69) is 6.58 Å². The first-order valence-corrected chi connectivity index (χ1v) is 9.76. The zero-order valence-corrected chi connectivity index (χ0v) is 16.1. The molecule has 1 heterocycles. The molecule has 1 saturated carbocycles. The normalized spacial score (nSPS) is 24.5. The van der Waals surface area contributed by atoms with Gasteiger partial charge in [0.2, 0.25) is 5.78 Å². The number of carbonyl (C=O) groups excluding carboxylic acids is 2. The minimum absolute atomic E-state index is 0.130. The second-order valence-corrected chi connectivity index (χ2v) is 7.72.